The number of rotatable bonds is 7. The van der Waals surface area contributed by atoms with Crippen LogP contribution in [0.5, 0.6) is 0 Å². The Kier molecular flexibility index (Phi) is 8.45. The van der Waals surface area contributed by atoms with E-state index in [0.29, 0.717) is 27.8 Å². The highest BCUT2D eigenvalue weighted by molar-refractivity contribution is 6.05. The van der Waals surface area contributed by atoms with Crippen molar-refractivity contribution in [1.29, 1.82) is 0 Å². The first-order valence-corrected chi connectivity index (χ1v) is 13.8. The summed E-state index contributed by atoms with van der Waals surface area (Å²) in [6.45, 7) is 1.67. The van der Waals surface area contributed by atoms with Crippen molar-refractivity contribution >= 4 is 5.97 Å². The molecule has 1 fully saturated rings. The maximum Gasteiger partial charge on any atom is 0.416 e. The fraction of sp³-hybridized carbons (Fsp3) is 0.265. The quantitative estimate of drug-likeness (QED) is 0.176. The van der Waals surface area contributed by atoms with Gasteiger partial charge in [0.25, 0.3) is 0 Å². The molecule has 0 heterocycles. The first-order chi connectivity index (χ1) is 20.1. The highest BCUT2D eigenvalue weighted by Gasteiger charge is 2.34. The Bertz CT molecular complexity index is 1550. The lowest BCUT2D eigenvalue weighted by molar-refractivity contribution is -0.137. The minimum Gasteiger partial charge on any atom is -0.462 e. The number of hydrogen-bond donors (Lipinski definition) is 1. The summed E-state index contributed by atoms with van der Waals surface area (Å²) in [4.78, 5) is 13.7. The van der Waals surface area contributed by atoms with E-state index in [0.717, 1.165) is 37.8 Å². The Hall–Kier alpha value is -4.04. The molecule has 0 aliphatic heterocycles. The number of halogens is 5. The summed E-state index contributed by atoms with van der Waals surface area (Å²) in [5, 5.41) is 11.9. The Morgan fingerprint density at radius 2 is 1.45 bits per heavy atom. The highest BCUT2D eigenvalue weighted by Crippen LogP contribution is 2.47. The van der Waals surface area contributed by atoms with Gasteiger partial charge < -0.3 is 9.84 Å². The number of aliphatic hydroxyl groups excluding tert-OH is 1. The van der Waals surface area contributed by atoms with Crippen molar-refractivity contribution in [3.05, 3.63) is 118 Å². The van der Waals surface area contributed by atoms with Crippen LogP contribution in [0.4, 0.5) is 22.0 Å². The Morgan fingerprint density at radius 1 is 0.905 bits per heavy atom. The average Bonchev–Trinajstić information content (AvgIpc) is 3.51. The van der Waals surface area contributed by atoms with E-state index in [2.05, 4.69) is 6.07 Å². The monoisotopic (exact) mass is 579 g/mol. The van der Waals surface area contributed by atoms with Gasteiger partial charge in [-0.15, -0.1) is 0 Å². The molecule has 1 saturated carbocycles. The van der Waals surface area contributed by atoms with E-state index in [-0.39, 0.29) is 29.2 Å². The Morgan fingerprint density at radius 3 is 1.98 bits per heavy atom. The van der Waals surface area contributed by atoms with E-state index >= 15 is 0 Å². The van der Waals surface area contributed by atoms with E-state index in [4.69, 9.17) is 4.74 Å². The number of benzene rings is 4. The maximum absolute atomic E-state index is 14.1. The van der Waals surface area contributed by atoms with Crippen LogP contribution in [0.25, 0.3) is 22.3 Å². The summed E-state index contributed by atoms with van der Waals surface area (Å²) in [6, 6.07) is 18.5. The third kappa shape index (κ3) is 5.95. The minimum absolute atomic E-state index is 0.0334. The van der Waals surface area contributed by atoms with Gasteiger partial charge in [-0.05, 0) is 96.0 Å². The molecule has 0 bridgehead atoms. The number of esters is 1. The lowest BCUT2D eigenvalue weighted by Gasteiger charge is -2.27. The molecule has 0 amide bonds. The van der Waals surface area contributed by atoms with Gasteiger partial charge in [0.15, 0.2) is 0 Å². The molecule has 42 heavy (non-hydrogen) atoms. The number of alkyl halides is 3. The standard InChI is InChI=1S/C34H28F5O3/c1-2-42-33(41)31-28(21-9-15-25(35)16-10-21)19-27(20-5-3-4-6-20)30(29(31)22-11-17-26(36)18-12-22)32(40)23-7-13-24(14-8-23)34(37,38)39/h7-18,20,32,40H,2-6H2,1H3. The van der Waals surface area contributed by atoms with E-state index in [9.17, 15) is 31.9 Å². The number of hydrogen-bond acceptors (Lipinski definition) is 3. The molecule has 4 aromatic rings. The fourth-order valence-corrected chi connectivity index (χ4v) is 5.66. The van der Waals surface area contributed by atoms with Gasteiger partial charge in [0, 0.05) is 11.1 Å². The van der Waals surface area contributed by atoms with Crippen LogP contribution in [-0.2, 0) is 10.9 Å². The number of carbonyl (C=O) groups is 1. The Balaban J connectivity index is 1.86. The second-order valence-electron chi connectivity index (χ2n) is 10.3. The molecule has 1 aliphatic rings. The third-order valence-corrected chi connectivity index (χ3v) is 7.66. The van der Waals surface area contributed by atoms with Crippen LogP contribution >= 0.6 is 0 Å². The van der Waals surface area contributed by atoms with Gasteiger partial charge in [0.05, 0.1) is 17.7 Å². The van der Waals surface area contributed by atoms with Crippen LogP contribution in [-0.4, -0.2) is 17.7 Å². The maximum atomic E-state index is 14.1. The molecule has 0 spiro atoms. The predicted molar refractivity (Wildman–Crippen MR) is 149 cm³/mol. The zero-order chi connectivity index (χ0) is 30.0. The molecule has 3 nitrogen and oxygen atoms in total. The van der Waals surface area contributed by atoms with Gasteiger partial charge in [-0.25, -0.2) is 13.6 Å². The van der Waals surface area contributed by atoms with Crippen molar-refractivity contribution in [3.63, 3.8) is 0 Å². The van der Waals surface area contributed by atoms with Gasteiger partial charge in [0.2, 0.25) is 0 Å². The molecule has 217 valence electrons. The molecule has 1 unspecified atom stereocenters. The van der Waals surface area contributed by atoms with Gasteiger partial charge in [0.1, 0.15) is 17.7 Å². The van der Waals surface area contributed by atoms with Crippen molar-refractivity contribution in [2.45, 2.75) is 50.8 Å². The van der Waals surface area contributed by atoms with E-state index in [1.54, 1.807) is 6.92 Å². The van der Waals surface area contributed by atoms with Crippen molar-refractivity contribution in [3.8, 4) is 22.3 Å². The average molecular weight is 580 g/mol. The van der Waals surface area contributed by atoms with Crippen LogP contribution in [0.15, 0.2) is 72.8 Å². The van der Waals surface area contributed by atoms with Gasteiger partial charge in [-0.2, -0.15) is 13.2 Å². The summed E-state index contributed by atoms with van der Waals surface area (Å²) in [5.74, 6) is -1.79. The molecule has 4 aromatic carbocycles. The topological polar surface area (TPSA) is 46.5 Å². The molecular weight excluding hydrogens is 551 g/mol. The van der Waals surface area contributed by atoms with Crippen molar-refractivity contribution in [1.82, 2.24) is 0 Å². The molecule has 0 saturated heterocycles. The largest absolute Gasteiger partial charge is 0.462 e. The van der Waals surface area contributed by atoms with Crippen molar-refractivity contribution in [2.75, 3.05) is 6.61 Å². The van der Waals surface area contributed by atoms with Gasteiger partial charge in [-0.3, -0.25) is 0 Å². The molecular formula is C34H28F5O3. The minimum atomic E-state index is -4.56. The molecule has 8 heteroatoms. The molecule has 1 radical (unpaired) electrons. The van der Waals surface area contributed by atoms with Crippen LogP contribution in [0.2, 0.25) is 0 Å². The fourth-order valence-electron chi connectivity index (χ4n) is 5.66. The van der Waals surface area contributed by atoms with Crippen LogP contribution in [0.3, 0.4) is 0 Å². The third-order valence-electron chi connectivity index (χ3n) is 7.66. The second-order valence-corrected chi connectivity index (χ2v) is 10.3. The normalized spacial score (nSPS) is 14.6. The molecule has 1 atom stereocenters. The first-order valence-electron chi connectivity index (χ1n) is 13.8. The zero-order valence-electron chi connectivity index (χ0n) is 22.8. The van der Waals surface area contributed by atoms with Crippen LogP contribution in [0.1, 0.15) is 77.2 Å². The molecule has 0 aromatic heterocycles. The summed E-state index contributed by atoms with van der Waals surface area (Å²) in [7, 11) is 0. The molecule has 1 aliphatic carbocycles. The van der Waals surface area contributed by atoms with Crippen LogP contribution in [0, 0.1) is 17.7 Å². The summed E-state index contributed by atoms with van der Waals surface area (Å²) >= 11 is 0. The number of aliphatic hydroxyl groups is 1. The number of carbonyl (C=O) groups excluding carboxylic acids is 1. The number of ether oxygens (including phenoxy) is 1. The van der Waals surface area contributed by atoms with Crippen molar-refractivity contribution in [2.24, 2.45) is 0 Å². The smallest absolute Gasteiger partial charge is 0.416 e. The second kappa shape index (κ2) is 12.1. The molecule has 5 rings (SSSR count). The van der Waals surface area contributed by atoms with E-state index in [1.165, 1.54) is 60.7 Å². The van der Waals surface area contributed by atoms with Gasteiger partial charge >= 0.3 is 12.1 Å². The first kappa shape index (κ1) is 29.5. The zero-order valence-corrected chi connectivity index (χ0v) is 22.8. The van der Waals surface area contributed by atoms with E-state index < -0.39 is 35.4 Å². The molecule has 1 N–H and O–H groups in total. The van der Waals surface area contributed by atoms with Gasteiger partial charge in [-0.1, -0.05) is 49.2 Å². The predicted octanol–water partition coefficient (Wildman–Crippen LogP) is 9.03. The Labute approximate surface area is 240 Å². The summed E-state index contributed by atoms with van der Waals surface area (Å²) in [6.07, 6.45) is -2.62. The lowest BCUT2D eigenvalue weighted by atomic mass is 9.78. The lowest BCUT2D eigenvalue weighted by Crippen LogP contribution is -2.16. The SMILES string of the molecule is CCOC(=O)c1c(-c2ccc(F)cc2)[c]c(C2CCCC2)c(C(O)c2ccc(C(F)(F)F)cc2)c1-c1ccc(F)cc1. The van der Waals surface area contributed by atoms with E-state index in [1.807, 2.05) is 0 Å². The summed E-state index contributed by atoms with van der Waals surface area (Å²) in [5.41, 5.74) is 1.74. The van der Waals surface area contributed by atoms with Crippen molar-refractivity contribution < 1.29 is 36.6 Å². The summed E-state index contributed by atoms with van der Waals surface area (Å²) < 4.78 is 73.3. The highest BCUT2D eigenvalue weighted by atomic mass is 19.4. The van der Waals surface area contributed by atoms with Crippen LogP contribution < -0.4 is 0 Å².